The molecule has 0 atom stereocenters. The highest BCUT2D eigenvalue weighted by molar-refractivity contribution is 5.14. The third kappa shape index (κ3) is 2.39. The van der Waals surface area contributed by atoms with Crippen LogP contribution in [0.2, 0.25) is 0 Å². The van der Waals surface area contributed by atoms with Crippen LogP contribution in [0.15, 0.2) is 42.6 Å². The van der Waals surface area contributed by atoms with E-state index in [1.165, 1.54) is 11.3 Å². The van der Waals surface area contributed by atoms with Gasteiger partial charge in [0.1, 0.15) is 0 Å². The topological polar surface area (TPSA) is 37.9 Å². The first kappa shape index (κ1) is 10.5. The van der Waals surface area contributed by atoms with Crippen LogP contribution >= 0.6 is 0 Å². The molecule has 0 amide bonds. The average molecular weight is 228 g/mol. The number of aromatic nitrogens is 2. The third-order valence-electron chi connectivity index (χ3n) is 3.36. The molecule has 2 aromatic rings. The molecule has 0 spiro atoms. The van der Waals surface area contributed by atoms with Gasteiger partial charge in [-0.1, -0.05) is 30.3 Å². The number of H-pyrrole nitrogens is 1. The predicted octanol–water partition coefficient (Wildman–Crippen LogP) is 2.87. The highest BCUT2D eigenvalue weighted by Crippen LogP contribution is 2.37. The lowest BCUT2D eigenvalue weighted by Gasteiger charge is -2.34. The minimum absolute atomic E-state index is 0.400. The fourth-order valence-corrected chi connectivity index (χ4v) is 2.23. The van der Waals surface area contributed by atoms with Gasteiger partial charge in [-0.25, -0.2) is 0 Å². The molecule has 0 bridgehead atoms. The molecule has 17 heavy (non-hydrogen) atoms. The second-order valence-corrected chi connectivity index (χ2v) is 4.59. The van der Waals surface area contributed by atoms with Crippen LogP contribution in [-0.2, 0) is 11.3 Å². The molecule has 1 aliphatic rings. The second kappa shape index (κ2) is 4.72. The smallest absolute Gasteiger partial charge is 0.0720 e. The Morgan fingerprint density at radius 2 is 2.00 bits per heavy atom. The fourth-order valence-electron chi connectivity index (χ4n) is 2.23. The number of rotatable bonds is 4. The third-order valence-corrected chi connectivity index (χ3v) is 3.36. The van der Waals surface area contributed by atoms with E-state index in [2.05, 4.69) is 28.4 Å². The van der Waals surface area contributed by atoms with Crippen LogP contribution in [0.25, 0.3) is 0 Å². The van der Waals surface area contributed by atoms with E-state index < -0.39 is 0 Å². The molecule has 88 valence electrons. The van der Waals surface area contributed by atoms with Gasteiger partial charge in [0.15, 0.2) is 0 Å². The zero-order valence-electron chi connectivity index (χ0n) is 9.67. The summed E-state index contributed by atoms with van der Waals surface area (Å²) in [6.07, 6.45) is 4.47. The summed E-state index contributed by atoms with van der Waals surface area (Å²) < 4.78 is 5.85. The van der Waals surface area contributed by atoms with E-state index in [9.17, 15) is 0 Å². The van der Waals surface area contributed by atoms with Crippen LogP contribution < -0.4 is 0 Å². The molecule has 1 saturated carbocycles. The van der Waals surface area contributed by atoms with E-state index in [1.54, 1.807) is 0 Å². The van der Waals surface area contributed by atoms with Gasteiger partial charge in [0.05, 0.1) is 18.4 Å². The number of hydrogen-bond donors (Lipinski definition) is 1. The molecule has 3 rings (SSSR count). The van der Waals surface area contributed by atoms with E-state index in [-0.39, 0.29) is 0 Å². The molecular formula is C14H16N2O. The van der Waals surface area contributed by atoms with Gasteiger partial charge in [-0.05, 0) is 24.5 Å². The van der Waals surface area contributed by atoms with Crippen molar-refractivity contribution in [1.29, 1.82) is 0 Å². The van der Waals surface area contributed by atoms with E-state index in [1.807, 2.05) is 24.4 Å². The van der Waals surface area contributed by atoms with Gasteiger partial charge < -0.3 is 4.74 Å². The Labute approximate surface area is 101 Å². The summed E-state index contributed by atoms with van der Waals surface area (Å²) in [4.78, 5) is 0. The quantitative estimate of drug-likeness (QED) is 0.873. The highest BCUT2D eigenvalue weighted by Gasteiger charge is 2.32. The Hall–Kier alpha value is -1.61. The van der Waals surface area contributed by atoms with Crippen molar-refractivity contribution in [3.63, 3.8) is 0 Å². The Bertz CT molecular complexity index is 446. The van der Waals surface area contributed by atoms with E-state index in [4.69, 9.17) is 4.74 Å². The van der Waals surface area contributed by atoms with Crippen LogP contribution in [0.3, 0.4) is 0 Å². The molecule has 1 aliphatic carbocycles. The largest absolute Gasteiger partial charge is 0.373 e. The van der Waals surface area contributed by atoms with Crippen molar-refractivity contribution in [3.05, 3.63) is 53.9 Å². The Kier molecular flexibility index (Phi) is 2.92. The summed E-state index contributed by atoms with van der Waals surface area (Å²) in [7, 11) is 0. The molecule has 0 aliphatic heterocycles. The Balaban J connectivity index is 1.45. The highest BCUT2D eigenvalue weighted by atomic mass is 16.5. The number of benzene rings is 1. The van der Waals surface area contributed by atoms with Gasteiger partial charge in [-0.15, -0.1) is 0 Å². The summed E-state index contributed by atoms with van der Waals surface area (Å²) in [5, 5.41) is 7.07. The van der Waals surface area contributed by atoms with Gasteiger partial charge in [0.2, 0.25) is 0 Å². The monoisotopic (exact) mass is 228 g/mol. The number of nitrogens with one attached hydrogen (secondary N) is 1. The van der Waals surface area contributed by atoms with Crippen molar-refractivity contribution in [2.75, 3.05) is 0 Å². The maximum atomic E-state index is 5.85. The first-order chi connectivity index (χ1) is 8.42. The molecular weight excluding hydrogens is 212 g/mol. The zero-order valence-corrected chi connectivity index (χ0v) is 9.67. The number of aromatic amines is 1. The average Bonchev–Trinajstić information content (AvgIpc) is 2.82. The van der Waals surface area contributed by atoms with Gasteiger partial charge in [0.25, 0.3) is 0 Å². The first-order valence-corrected chi connectivity index (χ1v) is 6.07. The molecule has 3 nitrogen and oxygen atoms in total. The first-order valence-electron chi connectivity index (χ1n) is 6.07. The number of hydrogen-bond acceptors (Lipinski definition) is 2. The van der Waals surface area contributed by atoms with Gasteiger partial charge >= 0.3 is 0 Å². The van der Waals surface area contributed by atoms with Crippen LogP contribution in [0.4, 0.5) is 0 Å². The minimum atomic E-state index is 0.400. The van der Waals surface area contributed by atoms with Crippen LogP contribution in [0, 0.1) is 0 Å². The number of nitrogens with zero attached hydrogens (tertiary/aromatic N) is 1. The van der Waals surface area contributed by atoms with Gasteiger partial charge in [0, 0.05) is 12.1 Å². The molecule has 1 fully saturated rings. The normalized spacial score (nSPS) is 23.3. The molecule has 0 saturated heterocycles. The molecule has 1 aromatic carbocycles. The fraction of sp³-hybridized carbons (Fsp3) is 0.357. The molecule has 0 unspecified atom stereocenters. The minimum Gasteiger partial charge on any atom is -0.373 e. The van der Waals surface area contributed by atoms with Crippen molar-refractivity contribution < 1.29 is 4.74 Å². The summed E-state index contributed by atoms with van der Waals surface area (Å²) >= 11 is 0. The maximum Gasteiger partial charge on any atom is 0.0720 e. The maximum absolute atomic E-state index is 5.85. The summed E-state index contributed by atoms with van der Waals surface area (Å²) in [6.45, 7) is 0.721. The summed E-state index contributed by atoms with van der Waals surface area (Å²) in [6, 6.07) is 12.4. The second-order valence-electron chi connectivity index (χ2n) is 4.59. The Morgan fingerprint density at radius 1 is 1.18 bits per heavy atom. The van der Waals surface area contributed by atoms with Crippen molar-refractivity contribution in [3.8, 4) is 0 Å². The lowest BCUT2D eigenvalue weighted by Crippen LogP contribution is -2.29. The van der Waals surface area contributed by atoms with E-state index in [0.717, 1.165) is 19.4 Å². The van der Waals surface area contributed by atoms with Crippen LogP contribution in [0.1, 0.15) is 30.0 Å². The lowest BCUT2D eigenvalue weighted by atomic mass is 9.80. The summed E-state index contributed by atoms with van der Waals surface area (Å²) in [5.74, 6) is 0.585. The Morgan fingerprint density at radius 3 is 2.71 bits per heavy atom. The molecule has 1 heterocycles. The van der Waals surface area contributed by atoms with Crippen molar-refractivity contribution in [1.82, 2.24) is 10.2 Å². The van der Waals surface area contributed by atoms with E-state index in [0.29, 0.717) is 12.0 Å². The van der Waals surface area contributed by atoms with Gasteiger partial charge in [-0.3, -0.25) is 5.10 Å². The van der Waals surface area contributed by atoms with Crippen molar-refractivity contribution >= 4 is 0 Å². The predicted molar refractivity (Wildman–Crippen MR) is 65.6 cm³/mol. The van der Waals surface area contributed by atoms with Crippen LogP contribution in [-0.4, -0.2) is 16.3 Å². The zero-order chi connectivity index (χ0) is 11.5. The SMILES string of the molecule is c1ccc(COC2CC(c3cc[nH]n3)C2)cc1. The lowest BCUT2D eigenvalue weighted by molar-refractivity contribution is -0.0214. The molecule has 1 N–H and O–H groups in total. The van der Waals surface area contributed by atoms with Crippen molar-refractivity contribution in [2.45, 2.75) is 31.5 Å². The molecule has 3 heteroatoms. The van der Waals surface area contributed by atoms with Crippen LogP contribution in [0.5, 0.6) is 0 Å². The summed E-state index contributed by atoms with van der Waals surface area (Å²) in [5.41, 5.74) is 2.42. The number of ether oxygens (including phenoxy) is 1. The van der Waals surface area contributed by atoms with Gasteiger partial charge in [-0.2, -0.15) is 5.10 Å². The van der Waals surface area contributed by atoms with Crippen molar-refractivity contribution in [2.24, 2.45) is 0 Å². The standard InChI is InChI=1S/C14H16N2O/c1-2-4-11(5-3-1)10-17-13-8-12(9-13)14-6-7-15-16-14/h1-7,12-13H,8-10H2,(H,15,16). The van der Waals surface area contributed by atoms with E-state index >= 15 is 0 Å². The molecule has 0 radical (unpaired) electrons. The molecule has 1 aromatic heterocycles.